The molecule has 5 heterocycles. The average molecular weight is 432 g/mol. The summed E-state index contributed by atoms with van der Waals surface area (Å²) in [6, 6.07) is 10.5. The maximum Gasteiger partial charge on any atom is 0.262 e. The molecular formula is C21H20N8O3. The van der Waals surface area contributed by atoms with Crippen LogP contribution in [0, 0.1) is 0 Å². The second kappa shape index (κ2) is 7.54. The molecule has 1 saturated heterocycles. The second-order valence-electron chi connectivity index (χ2n) is 7.55. The number of likely N-dealkylation sites (N-methyl/N-ethyl adjacent to an activating group) is 1. The summed E-state index contributed by atoms with van der Waals surface area (Å²) < 4.78 is 7.01. The number of carbonyl (C=O) groups is 1. The van der Waals surface area contributed by atoms with Gasteiger partial charge in [0.25, 0.3) is 5.91 Å². The molecule has 1 aliphatic heterocycles. The molecule has 162 valence electrons. The van der Waals surface area contributed by atoms with Crippen LogP contribution < -0.4 is 5.32 Å². The van der Waals surface area contributed by atoms with Crippen LogP contribution in [0.1, 0.15) is 12.2 Å². The number of aliphatic hydroxyl groups is 1. The van der Waals surface area contributed by atoms with Crippen LogP contribution in [-0.4, -0.2) is 59.4 Å². The fourth-order valence-corrected chi connectivity index (χ4v) is 3.57. The van der Waals surface area contributed by atoms with E-state index in [1.165, 1.54) is 4.90 Å². The van der Waals surface area contributed by atoms with Crippen LogP contribution in [0.4, 0.5) is 11.8 Å². The predicted octanol–water partition coefficient (Wildman–Crippen LogP) is 1.72. The van der Waals surface area contributed by atoms with Gasteiger partial charge in [0.05, 0.1) is 23.3 Å². The quantitative estimate of drug-likeness (QED) is 0.483. The van der Waals surface area contributed by atoms with Crippen molar-refractivity contribution >= 4 is 17.7 Å². The molecule has 5 rings (SSSR count). The fraction of sp³-hybridized carbons (Fsp3) is 0.238. The largest absolute Gasteiger partial charge is 0.373 e. The zero-order valence-electron chi connectivity index (χ0n) is 17.4. The molecule has 0 bridgehead atoms. The third-order valence-corrected chi connectivity index (χ3v) is 5.42. The summed E-state index contributed by atoms with van der Waals surface area (Å²) in [5.41, 5.74) is 0.468. The number of carbonyl (C=O) groups excluding carboxylic acids is 1. The Morgan fingerprint density at radius 3 is 2.56 bits per heavy atom. The first-order valence-electron chi connectivity index (χ1n) is 9.95. The summed E-state index contributed by atoms with van der Waals surface area (Å²) in [5.74, 6) is 0.868. The van der Waals surface area contributed by atoms with Crippen LogP contribution >= 0.6 is 0 Å². The van der Waals surface area contributed by atoms with E-state index >= 15 is 0 Å². The molecule has 1 atom stereocenters. The molecule has 0 aliphatic carbocycles. The second-order valence-corrected chi connectivity index (χ2v) is 7.55. The van der Waals surface area contributed by atoms with Gasteiger partial charge in [-0.05, 0) is 18.2 Å². The van der Waals surface area contributed by atoms with Crippen LogP contribution in [0.15, 0.2) is 53.3 Å². The van der Waals surface area contributed by atoms with E-state index in [-0.39, 0.29) is 12.2 Å². The summed E-state index contributed by atoms with van der Waals surface area (Å²) in [4.78, 5) is 27.2. The van der Waals surface area contributed by atoms with Crippen molar-refractivity contribution in [3.63, 3.8) is 0 Å². The van der Waals surface area contributed by atoms with Crippen molar-refractivity contribution in [2.24, 2.45) is 7.05 Å². The SMILES string of the molecule is CN1CCC(O)(c2cc(-c3cccc(-c4ccnc(Nc5ccnn5C)n4)n3)no2)C1=O. The Balaban J connectivity index is 1.43. The zero-order chi connectivity index (χ0) is 22.3. The van der Waals surface area contributed by atoms with Crippen molar-refractivity contribution in [1.82, 2.24) is 34.8 Å². The van der Waals surface area contributed by atoms with Gasteiger partial charge >= 0.3 is 0 Å². The molecule has 11 nitrogen and oxygen atoms in total. The van der Waals surface area contributed by atoms with Gasteiger partial charge in [-0.25, -0.2) is 15.0 Å². The summed E-state index contributed by atoms with van der Waals surface area (Å²) >= 11 is 0. The van der Waals surface area contributed by atoms with E-state index in [2.05, 4.69) is 30.5 Å². The monoisotopic (exact) mass is 432 g/mol. The van der Waals surface area contributed by atoms with E-state index < -0.39 is 11.5 Å². The van der Waals surface area contributed by atoms with Gasteiger partial charge in [-0.2, -0.15) is 5.10 Å². The summed E-state index contributed by atoms with van der Waals surface area (Å²) in [6.07, 6.45) is 3.57. The molecule has 4 aromatic heterocycles. The van der Waals surface area contributed by atoms with E-state index in [0.29, 0.717) is 35.3 Å². The lowest BCUT2D eigenvalue weighted by Crippen LogP contribution is -2.35. The lowest BCUT2D eigenvalue weighted by atomic mass is 9.98. The molecule has 1 aliphatic rings. The van der Waals surface area contributed by atoms with Crippen molar-refractivity contribution < 1.29 is 14.4 Å². The first kappa shape index (κ1) is 19.8. The highest BCUT2D eigenvalue weighted by atomic mass is 16.5. The van der Waals surface area contributed by atoms with Gasteiger partial charge < -0.3 is 19.8 Å². The van der Waals surface area contributed by atoms with E-state index in [9.17, 15) is 9.90 Å². The van der Waals surface area contributed by atoms with Gasteiger partial charge in [0.15, 0.2) is 5.76 Å². The smallest absolute Gasteiger partial charge is 0.262 e. The number of hydrogen-bond acceptors (Lipinski definition) is 9. The Kier molecular flexibility index (Phi) is 4.67. The van der Waals surface area contributed by atoms with Crippen molar-refractivity contribution in [2.75, 3.05) is 18.9 Å². The maximum absolute atomic E-state index is 12.3. The molecule has 32 heavy (non-hydrogen) atoms. The zero-order valence-corrected chi connectivity index (χ0v) is 17.4. The Hall–Kier alpha value is -4.12. The van der Waals surface area contributed by atoms with Gasteiger partial charge in [0.1, 0.15) is 11.5 Å². The molecule has 11 heteroatoms. The number of nitrogens with zero attached hydrogens (tertiary/aromatic N) is 7. The number of aryl methyl sites for hydroxylation is 1. The van der Waals surface area contributed by atoms with Crippen LogP contribution in [0.5, 0.6) is 0 Å². The molecule has 0 aromatic carbocycles. The van der Waals surface area contributed by atoms with E-state index in [1.807, 2.05) is 25.2 Å². The lowest BCUT2D eigenvalue weighted by Gasteiger charge is -2.16. The lowest BCUT2D eigenvalue weighted by molar-refractivity contribution is -0.144. The van der Waals surface area contributed by atoms with E-state index in [1.54, 1.807) is 42.3 Å². The topological polar surface area (TPSA) is 135 Å². The van der Waals surface area contributed by atoms with Gasteiger partial charge in [0.2, 0.25) is 11.5 Å². The number of rotatable bonds is 5. The third-order valence-electron chi connectivity index (χ3n) is 5.42. The standard InChI is InChI=1S/C21H20N8O3/c1-28-11-8-21(31,19(28)30)17-12-16(27-32-17)14-5-3-4-13(24-14)15-6-9-22-20(25-15)26-18-7-10-23-29(18)2/h3-7,9-10,12,31H,8,11H2,1-2H3,(H,22,25,26). The van der Waals surface area contributed by atoms with E-state index in [4.69, 9.17) is 4.52 Å². The minimum Gasteiger partial charge on any atom is -0.373 e. The van der Waals surface area contributed by atoms with Crippen molar-refractivity contribution in [1.29, 1.82) is 0 Å². The normalized spacial score (nSPS) is 18.3. The molecule has 0 radical (unpaired) electrons. The highest BCUT2D eigenvalue weighted by molar-refractivity contribution is 5.87. The highest BCUT2D eigenvalue weighted by Gasteiger charge is 2.48. The Morgan fingerprint density at radius 2 is 1.84 bits per heavy atom. The number of aromatic nitrogens is 6. The van der Waals surface area contributed by atoms with Gasteiger partial charge in [-0.15, -0.1) is 0 Å². The number of anilines is 2. The number of pyridine rings is 1. The molecule has 0 spiro atoms. The number of hydrogen-bond donors (Lipinski definition) is 2. The first-order valence-corrected chi connectivity index (χ1v) is 9.95. The Bertz CT molecular complexity index is 1300. The number of nitrogens with one attached hydrogen (secondary N) is 1. The van der Waals surface area contributed by atoms with Crippen LogP contribution in [-0.2, 0) is 17.4 Å². The Labute approximate surface area is 182 Å². The maximum atomic E-state index is 12.3. The number of likely N-dealkylation sites (tertiary alicyclic amines) is 1. The molecule has 2 N–H and O–H groups in total. The summed E-state index contributed by atoms with van der Waals surface area (Å²) in [6.45, 7) is 0.446. The van der Waals surface area contributed by atoms with Crippen molar-refractivity contribution in [3.8, 4) is 22.8 Å². The molecular weight excluding hydrogens is 412 g/mol. The Morgan fingerprint density at radius 1 is 1.06 bits per heavy atom. The molecule has 4 aromatic rings. The molecule has 1 amide bonds. The third kappa shape index (κ3) is 3.38. The first-order chi connectivity index (χ1) is 15.4. The highest BCUT2D eigenvalue weighted by Crippen LogP contribution is 2.34. The minimum absolute atomic E-state index is 0.110. The molecule has 1 unspecified atom stereocenters. The van der Waals surface area contributed by atoms with Gasteiger partial charge in [-0.3, -0.25) is 9.48 Å². The van der Waals surface area contributed by atoms with E-state index in [0.717, 1.165) is 5.82 Å². The summed E-state index contributed by atoms with van der Waals surface area (Å²) in [7, 11) is 3.46. The predicted molar refractivity (Wildman–Crippen MR) is 113 cm³/mol. The molecule has 0 saturated carbocycles. The van der Waals surface area contributed by atoms with Crippen LogP contribution in [0.25, 0.3) is 22.8 Å². The minimum atomic E-state index is -1.70. The van der Waals surface area contributed by atoms with Crippen LogP contribution in [0.2, 0.25) is 0 Å². The molecule has 1 fully saturated rings. The number of amides is 1. The fourth-order valence-electron chi connectivity index (χ4n) is 3.57. The average Bonchev–Trinajstić information content (AvgIpc) is 3.52. The van der Waals surface area contributed by atoms with Gasteiger partial charge in [0, 0.05) is 45.4 Å². The van der Waals surface area contributed by atoms with Gasteiger partial charge in [-0.1, -0.05) is 11.2 Å². The van der Waals surface area contributed by atoms with Crippen molar-refractivity contribution in [2.45, 2.75) is 12.0 Å². The summed E-state index contributed by atoms with van der Waals surface area (Å²) in [5, 5.41) is 22.0. The van der Waals surface area contributed by atoms with Crippen molar-refractivity contribution in [3.05, 3.63) is 54.6 Å². The van der Waals surface area contributed by atoms with Crippen LogP contribution in [0.3, 0.4) is 0 Å².